The monoisotopic (exact) mass is 293 g/mol. The molecule has 0 aromatic heterocycles. The summed E-state index contributed by atoms with van der Waals surface area (Å²) in [6, 6.07) is 1.58. The van der Waals surface area contributed by atoms with Crippen LogP contribution in [-0.4, -0.2) is 59.5 Å². The average molecular weight is 293 g/mol. The van der Waals surface area contributed by atoms with Crippen molar-refractivity contribution in [3.05, 3.63) is 0 Å². The highest BCUT2D eigenvalue weighted by Gasteiger charge is 2.47. The molecule has 1 N–H and O–H groups in total. The van der Waals surface area contributed by atoms with Gasteiger partial charge in [-0.25, -0.2) is 0 Å². The standard InChI is InChI=1S/C17H31N3O/c1-5-16-15-9-18-8-14(15)10-19(16)17(21)13(4)20-11(2)6-7-12(20)3/h11-16,18H,5-10H2,1-4H3. The van der Waals surface area contributed by atoms with Crippen molar-refractivity contribution < 1.29 is 4.79 Å². The maximum atomic E-state index is 13.1. The number of hydrogen-bond donors (Lipinski definition) is 1. The number of amides is 1. The summed E-state index contributed by atoms with van der Waals surface area (Å²) in [5, 5.41) is 3.50. The molecule has 4 heteroatoms. The Morgan fingerprint density at radius 3 is 2.52 bits per heavy atom. The number of nitrogens with zero attached hydrogens (tertiary/aromatic N) is 2. The van der Waals surface area contributed by atoms with E-state index in [1.54, 1.807) is 0 Å². The van der Waals surface area contributed by atoms with Crippen LogP contribution in [0.5, 0.6) is 0 Å². The molecule has 6 unspecified atom stereocenters. The summed E-state index contributed by atoms with van der Waals surface area (Å²) in [5.74, 6) is 1.73. The molecule has 21 heavy (non-hydrogen) atoms. The van der Waals surface area contributed by atoms with E-state index in [-0.39, 0.29) is 6.04 Å². The third-order valence-electron chi connectivity index (χ3n) is 6.24. The molecule has 0 bridgehead atoms. The van der Waals surface area contributed by atoms with Crippen LogP contribution >= 0.6 is 0 Å². The van der Waals surface area contributed by atoms with E-state index in [4.69, 9.17) is 0 Å². The Morgan fingerprint density at radius 1 is 1.24 bits per heavy atom. The van der Waals surface area contributed by atoms with Gasteiger partial charge in [-0.15, -0.1) is 0 Å². The van der Waals surface area contributed by atoms with Gasteiger partial charge in [0, 0.05) is 37.8 Å². The number of hydrogen-bond acceptors (Lipinski definition) is 3. The second-order valence-electron chi connectivity index (χ2n) is 7.45. The Morgan fingerprint density at radius 2 is 1.90 bits per heavy atom. The van der Waals surface area contributed by atoms with Crippen molar-refractivity contribution in [2.45, 2.75) is 71.1 Å². The van der Waals surface area contributed by atoms with Gasteiger partial charge in [0.1, 0.15) is 0 Å². The molecule has 1 amide bonds. The fourth-order valence-electron chi connectivity index (χ4n) is 5.15. The minimum absolute atomic E-state index is 0.0401. The van der Waals surface area contributed by atoms with E-state index in [0.29, 0.717) is 35.9 Å². The molecule has 0 saturated carbocycles. The number of carbonyl (C=O) groups is 1. The first-order valence-electron chi connectivity index (χ1n) is 8.83. The van der Waals surface area contributed by atoms with Crippen LogP contribution in [-0.2, 0) is 4.79 Å². The van der Waals surface area contributed by atoms with Gasteiger partial charge in [-0.3, -0.25) is 9.69 Å². The molecule has 3 heterocycles. The summed E-state index contributed by atoms with van der Waals surface area (Å²) < 4.78 is 0. The summed E-state index contributed by atoms with van der Waals surface area (Å²) in [4.78, 5) is 17.8. The van der Waals surface area contributed by atoms with E-state index in [2.05, 4.69) is 42.8 Å². The zero-order valence-corrected chi connectivity index (χ0v) is 14.0. The van der Waals surface area contributed by atoms with Gasteiger partial charge >= 0.3 is 0 Å². The maximum absolute atomic E-state index is 13.1. The summed E-state index contributed by atoms with van der Waals surface area (Å²) >= 11 is 0. The molecule has 3 aliphatic rings. The van der Waals surface area contributed by atoms with Crippen molar-refractivity contribution in [3.63, 3.8) is 0 Å². The lowest BCUT2D eigenvalue weighted by atomic mass is 9.93. The summed E-state index contributed by atoms with van der Waals surface area (Å²) in [5.41, 5.74) is 0. The predicted molar refractivity (Wildman–Crippen MR) is 85.1 cm³/mol. The molecule has 0 radical (unpaired) electrons. The second kappa shape index (κ2) is 5.88. The molecular weight excluding hydrogens is 262 g/mol. The van der Waals surface area contributed by atoms with Crippen molar-refractivity contribution >= 4 is 5.91 Å². The Kier molecular flexibility index (Phi) is 4.28. The lowest BCUT2D eigenvalue weighted by molar-refractivity contribution is -0.138. The van der Waals surface area contributed by atoms with Crippen LogP contribution in [0.3, 0.4) is 0 Å². The number of fused-ring (bicyclic) bond motifs is 1. The predicted octanol–water partition coefficient (Wildman–Crippen LogP) is 1.70. The van der Waals surface area contributed by atoms with Crippen LogP contribution in [0.25, 0.3) is 0 Å². The van der Waals surface area contributed by atoms with Crippen molar-refractivity contribution in [1.82, 2.24) is 15.1 Å². The van der Waals surface area contributed by atoms with Crippen molar-refractivity contribution in [2.75, 3.05) is 19.6 Å². The number of carbonyl (C=O) groups excluding carboxylic acids is 1. The molecule has 0 spiro atoms. The molecule has 0 aromatic rings. The smallest absolute Gasteiger partial charge is 0.239 e. The molecule has 3 saturated heterocycles. The third-order valence-corrected chi connectivity index (χ3v) is 6.24. The van der Waals surface area contributed by atoms with E-state index in [1.165, 1.54) is 12.8 Å². The lowest BCUT2D eigenvalue weighted by Crippen LogP contribution is -2.52. The van der Waals surface area contributed by atoms with Gasteiger partial charge in [0.05, 0.1) is 6.04 Å². The fraction of sp³-hybridized carbons (Fsp3) is 0.941. The van der Waals surface area contributed by atoms with Crippen LogP contribution < -0.4 is 5.32 Å². The number of nitrogens with one attached hydrogen (secondary N) is 1. The topological polar surface area (TPSA) is 35.6 Å². The zero-order valence-electron chi connectivity index (χ0n) is 14.0. The minimum Gasteiger partial charge on any atom is -0.338 e. The Bertz CT molecular complexity index is 389. The van der Waals surface area contributed by atoms with Gasteiger partial charge in [0.15, 0.2) is 0 Å². The molecule has 0 aliphatic carbocycles. The van der Waals surface area contributed by atoms with Gasteiger partial charge in [-0.1, -0.05) is 6.92 Å². The van der Waals surface area contributed by atoms with Gasteiger partial charge < -0.3 is 10.2 Å². The first-order chi connectivity index (χ1) is 10.0. The Labute approximate surface area is 129 Å². The van der Waals surface area contributed by atoms with Gasteiger partial charge in [0.25, 0.3) is 0 Å². The summed E-state index contributed by atoms with van der Waals surface area (Å²) in [6.07, 6.45) is 3.54. The van der Waals surface area contributed by atoms with Crippen LogP contribution in [0.2, 0.25) is 0 Å². The third kappa shape index (κ3) is 2.50. The van der Waals surface area contributed by atoms with Crippen LogP contribution in [0.4, 0.5) is 0 Å². The van der Waals surface area contributed by atoms with E-state index < -0.39 is 0 Å². The minimum atomic E-state index is 0.0401. The van der Waals surface area contributed by atoms with E-state index >= 15 is 0 Å². The average Bonchev–Trinajstić information content (AvgIpc) is 3.11. The summed E-state index contributed by atoms with van der Waals surface area (Å²) in [7, 11) is 0. The molecule has 0 aromatic carbocycles. The SMILES string of the molecule is CCC1C2CNCC2CN1C(=O)C(C)N1C(C)CCC1C. The highest BCUT2D eigenvalue weighted by molar-refractivity contribution is 5.82. The number of likely N-dealkylation sites (tertiary alicyclic amines) is 2. The molecule has 3 fully saturated rings. The fourth-order valence-corrected chi connectivity index (χ4v) is 5.15. The second-order valence-corrected chi connectivity index (χ2v) is 7.45. The quantitative estimate of drug-likeness (QED) is 0.860. The highest BCUT2D eigenvalue weighted by Crippen LogP contribution is 2.36. The van der Waals surface area contributed by atoms with Crippen LogP contribution in [0.1, 0.15) is 47.0 Å². The van der Waals surface area contributed by atoms with E-state index in [9.17, 15) is 4.79 Å². The molecular formula is C17H31N3O. The molecule has 4 nitrogen and oxygen atoms in total. The van der Waals surface area contributed by atoms with Crippen LogP contribution in [0.15, 0.2) is 0 Å². The first-order valence-corrected chi connectivity index (χ1v) is 8.83. The largest absolute Gasteiger partial charge is 0.338 e. The number of rotatable bonds is 3. The van der Waals surface area contributed by atoms with Crippen molar-refractivity contribution in [3.8, 4) is 0 Å². The van der Waals surface area contributed by atoms with Crippen molar-refractivity contribution in [2.24, 2.45) is 11.8 Å². The maximum Gasteiger partial charge on any atom is 0.239 e. The first kappa shape index (κ1) is 15.3. The molecule has 3 aliphatic heterocycles. The van der Waals surface area contributed by atoms with Gasteiger partial charge in [0.2, 0.25) is 5.91 Å². The van der Waals surface area contributed by atoms with Gasteiger partial charge in [-0.05, 0) is 51.9 Å². The normalized spacial score (nSPS) is 41.5. The van der Waals surface area contributed by atoms with E-state index in [1.807, 2.05) is 0 Å². The van der Waals surface area contributed by atoms with E-state index in [0.717, 1.165) is 26.1 Å². The highest BCUT2D eigenvalue weighted by atomic mass is 16.2. The molecule has 6 atom stereocenters. The van der Waals surface area contributed by atoms with Crippen molar-refractivity contribution in [1.29, 1.82) is 0 Å². The zero-order chi connectivity index (χ0) is 15.1. The molecule has 120 valence electrons. The van der Waals surface area contributed by atoms with Crippen LogP contribution in [0, 0.1) is 11.8 Å². The Balaban J connectivity index is 1.72. The lowest BCUT2D eigenvalue weighted by Gasteiger charge is -2.36. The Hall–Kier alpha value is -0.610. The molecule has 3 rings (SSSR count). The summed E-state index contributed by atoms with van der Waals surface area (Å²) in [6.45, 7) is 12.1. The van der Waals surface area contributed by atoms with Gasteiger partial charge in [-0.2, -0.15) is 0 Å².